The second-order valence-electron chi connectivity index (χ2n) is 5.07. The topological polar surface area (TPSA) is 58.5 Å². The SMILES string of the molecule is CC(CN)N1CCN(c2nccc3occc23)CC1. The first-order valence-corrected chi connectivity index (χ1v) is 6.81. The van der Waals surface area contributed by atoms with Crippen molar-refractivity contribution in [1.29, 1.82) is 0 Å². The Morgan fingerprint density at radius 3 is 2.84 bits per heavy atom. The normalized spacial score (nSPS) is 18.9. The Hall–Kier alpha value is -1.59. The second kappa shape index (κ2) is 5.19. The van der Waals surface area contributed by atoms with Gasteiger partial charge in [0.25, 0.3) is 0 Å². The van der Waals surface area contributed by atoms with Gasteiger partial charge in [-0.15, -0.1) is 0 Å². The summed E-state index contributed by atoms with van der Waals surface area (Å²) >= 11 is 0. The molecule has 3 heterocycles. The highest BCUT2D eigenvalue weighted by Gasteiger charge is 2.22. The highest BCUT2D eigenvalue weighted by atomic mass is 16.3. The molecule has 1 unspecified atom stereocenters. The number of aromatic nitrogens is 1. The van der Waals surface area contributed by atoms with Crippen molar-refractivity contribution in [2.24, 2.45) is 5.73 Å². The Morgan fingerprint density at radius 2 is 2.11 bits per heavy atom. The largest absolute Gasteiger partial charge is 0.464 e. The fourth-order valence-corrected chi connectivity index (χ4v) is 2.66. The molecule has 5 heteroatoms. The average Bonchev–Trinajstić information content (AvgIpc) is 2.95. The highest BCUT2D eigenvalue weighted by molar-refractivity contribution is 5.88. The molecule has 0 saturated carbocycles. The first kappa shape index (κ1) is 12.4. The van der Waals surface area contributed by atoms with Crippen molar-refractivity contribution in [2.75, 3.05) is 37.6 Å². The van der Waals surface area contributed by atoms with Crippen LogP contribution in [0.2, 0.25) is 0 Å². The van der Waals surface area contributed by atoms with Crippen LogP contribution in [-0.4, -0.2) is 48.6 Å². The highest BCUT2D eigenvalue weighted by Crippen LogP contribution is 2.26. The molecule has 3 rings (SSSR count). The van der Waals surface area contributed by atoms with Gasteiger partial charge in [0.2, 0.25) is 0 Å². The number of nitrogens with two attached hydrogens (primary N) is 1. The van der Waals surface area contributed by atoms with Crippen LogP contribution >= 0.6 is 0 Å². The maximum absolute atomic E-state index is 5.73. The van der Waals surface area contributed by atoms with E-state index in [4.69, 9.17) is 10.2 Å². The summed E-state index contributed by atoms with van der Waals surface area (Å²) in [7, 11) is 0. The second-order valence-corrected chi connectivity index (χ2v) is 5.07. The third-order valence-corrected chi connectivity index (χ3v) is 3.94. The summed E-state index contributed by atoms with van der Waals surface area (Å²) in [5.74, 6) is 1.03. The summed E-state index contributed by atoms with van der Waals surface area (Å²) in [6.45, 7) is 6.95. The van der Waals surface area contributed by atoms with Gasteiger partial charge >= 0.3 is 0 Å². The van der Waals surface area contributed by atoms with E-state index in [2.05, 4.69) is 21.7 Å². The first-order valence-electron chi connectivity index (χ1n) is 6.81. The van der Waals surface area contributed by atoms with Gasteiger partial charge in [-0.05, 0) is 19.1 Å². The fraction of sp³-hybridized carbons (Fsp3) is 0.500. The van der Waals surface area contributed by atoms with Crippen molar-refractivity contribution in [3.8, 4) is 0 Å². The molecule has 1 atom stereocenters. The molecular weight excluding hydrogens is 240 g/mol. The molecule has 1 fully saturated rings. The van der Waals surface area contributed by atoms with Crippen molar-refractivity contribution in [1.82, 2.24) is 9.88 Å². The smallest absolute Gasteiger partial charge is 0.139 e. The molecule has 1 aliphatic rings. The van der Waals surface area contributed by atoms with E-state index in [0.29, 0.717) is 6.04 Å². The molecule has 0 aromatic carbocycles. The summed E-state index contributed by atoms with van der Waals surface area (Å²) in [6, 6.07) is 4.36. The number of hydrogen-bond acceptors (Lipinski definition) is 5. The summed E-state index contributed by atoms with van der Waals surface area (Å²) in [5, 5.41) is 1.10. The number of piperazine rings is 1. The monoisotopic (exact) mass is 260 g/mol. The molecule has 5 nitrogen and oxygen atoms in total. The molecule has 1 aliphatic heterocycles. The van der Waals surface area contributed by atoms with Crippen molar-refractivity contribution in [3.63, 3.8) is 0 Å². The molecule has 0 bridgehead atoms. The quantitative estimate of drug-likeness (QED) is 0.901. The van der Waals surface area contributed by atoms with Gasteiger partial charge < -0.3 is 15.1 Å². The Balaban J connectivity index is 1.76. The van der Waals surface area contributed by atoms with Crippen LogP contribution < -0.4 is 10.6 Å². The van der Waals surface area contributed by atoms with Gasteiger partial charge in [-0.3, -0.25) is 4.90 Å². The molecule has 0 amide bonds. The lowest BCUT2D eigenvalue weighted by molar-refractivity contribution is 0.201. The van der Waals surface area contributed by atoms with E-state index >= 15 is 0 Å². The minimum absolute atomic E-state index is 0.458. The van der Waals surface area contributed by atoms with Crippen LogP contribution in [-0.2, 0) is 0 Å². The molecule has 2 N–H and O–H groups in total. The molecule has 1 saturated heterocycles. The summed E-state index contributed by atoms with van der Waals surface area (Å²) < 4.78 is 5.43. The van der Waals surface area contributed by atoms with Crippen LogP contribution in [0.5, 0.6) is 0 Å². The zero-order chi connectivity index (χ0) is 13.2. The summed E-state index contributed by atoms with van der Waals surface area (Å²) in [4.78, 5) is 9.28. The van der Waals surface area contributed by atoms with Gasteiger partial charge in [0.05, 0.1) is 11.6 Å². The molecule has 0 spiro atoms. The van der Waals surface area contributed by atoms with E-state index < -0.39 is 0 Å². The lowest BCUT2D eigenvalue weighted by atomic mass is 10.2. The first-order chi connectivity index (χ1) is 9.29. The number of furan rings is 1. The maximum atomic E-state index is 5.73. The zero-order valence-electron chi connectivity index (χ0n) is 11.2. The number of pyridine rings is 1. The summed E-state index contributed by atoms with van der Waals surface area (Å²) in [5.41, 5.74) is 6.63. The molecular formula is C14H20N4O. The van der Waals surface area contributed by atoms with Crippen LogP contribution in [0.25, 0.3) is 11.0 Å². The van der Waals surface area contributed by atoms with Crippen molar-refractivity contribution in [2.45, 2.75) is 13.0 Å². The number of hydrogen-bond donors (Lipinski definition) is 1. The lowest BCUT2D eigenvalue weighted by Crippen LogP contribution is -2.51. The van der Waals surface area contributed by atoms with Gasteiger partial charge in [0.15, 0.2) is 0 Å². The fourth-order valence-electron chi connectivity index (χ4n) is 2.66. The molecule has 2 aromatic rings. The minimum atomic E-state index is 0.458. The van der Waals surface area contributed by atoms with Crippen molar-refractivity contribution in [3.05, 3.63) is 24.6 Å². The standard InChI is InChI=1S/C14H20N4O/c1-11(10-15)17-5-7-18(8-6-17)14-12-3-9-19-13(12)2-4-16-14/h2-4,9,11H,5-8,10,15H2,1H3. The van der Waals surface area contributed by atoms with E-state index in [1.165, 1.54) is 0 Å². The van der Waals surface area contributed by atoms with Gasteiger partial charge in [-0.2, -0.15) is 0 Å². The number of nitrogens with zero attached hydrogens (tertiary/aromatic N) is 3. The Labute approximate surface area is 113 Å². The van der Waals surface area contributed by atoms with E-state index in [1.54, 1.807) is 6.26 Å². The van der Waals surface area contributed by atoms with E-state index in [-0.39, 0.29) is 0 Å². The number of fused-ring (bicyclic) bond motifs is 1. The third-order valence-electron chi connectivity index (χ3n) is 3.94. The van der Waals surface area contributed by atoms with Gasteiger partial charge in [-0.1, -0.05) is 0 Å². The van der Waals surface area contributed by atoms with Gasteiger partial charge in [0, 0.05) is 45.0 Å². The zero-order valence-corrected chi connectivity index (χ0v) is 11.2. The minimum Gasteiger partial charge on any atom is -0.464 e. The Bertz CT molecular complexity index is 545. The predicted octanol–water partition coefficient (Wildman–Crippen LogP) is 1.30. The maximum Gasteiger partial charge on any atom is 0.139 e. The van der Waals surface area contributed by atoms with E-state index in [1.807, 2.05) is 18.3 Å². The van der Waals surface area contributed by atoms with Crippen LogP contribution in [0.4, 0.5) is 5.82 Å². The van der Waals surface area contributed by atoms with Crippen molar-refractivity contribution < 1.29 is 4.42 Å². The molecule has 19 heavy (non-hydrogen) atoms. The molecule has 102 valence electrons. The molecule has 0 radical (unpaired) electrons. The Kier molecular flexibility index (Phi) is 3.40. The van der Waals surface area contributed by atoms with Crippen LogP contribution in [0.3, 0.4) is 0 Å². The van der Waals surface area contributed by atoms with Crippen LogP contribution in [0.1, 0.15) is 6.92 Å². The van der Waals surface area contributed by atoms with Crippen LogP contribution in [0, 0.1) is 0 Å². The van der Waals surface area contributed by atoms with E-state index in [0.717, 1.165) is 49.5 Å². The van der Waals surface area contributed by atoms with E-state index in [9.17, 15) is 0 Å². The number of rotatable bonds is 3. The molecule has 0 aliphatic carbocycles. The van der Waals surface area contributed by atoms with Gasteiger partial charge in [0.1, 0.15) is 11.4 Å². The van der Waals surface area contributed by atoms with Crippen molar-refractivity contribution >= 4 is 16.8 Å². The summed E-state index contributed by atoms with van der Waals surface area (Å²) in [6.07, 6.45) is 3.54. The Morgan fingerprint density at radius 1 is 1.32 bits per heavy atom. The number of anilines is 1. The predicted molar refractivity (Wildman–Crippen MR) is 76.3 cm³/mol. The third kappa shape index (κ3) is 2.31. The lowest BCUT2D eigenvalue weighted by Gasteiger charge is -2.38. The van der Waals surface area contributed by atoms with Gasteiger partial charge in [-0.25, -0.2) is 4.98 Å². The van der Waals surface area contributed by atoms with Crippen LogP contribution in [0.15, 0.2) is 29.0 Å². The molecule has 2 aromatic heterocycles. The average molecular weight is 260 g/mol.